The fourth-order valence-electron chi connectivity index (χ4n) is 0. The van der Waals surface area contributed by atoms with Gasteiger partial charge in [-0.05, 0) is 0 Å². The van der Waals surface area contributed by atoms with Gasteiger partial charge >= 0.3 is 58.4 Å². The molecule has 0 heterocycles. The van der Waals surface area contributed by atoms with Crippen molar-refractivity contribution in [3.05, 3.63) is 0 Å². The summed E-state index contributed by atoms with van der Waals surface area (Å²) >= 11 is 0. The Morgan fingerprint density at radius 2 is 1.00 bits per heavy atom. The first-order valence-corrected chi connectivity index (χ1v) is 0. The van der Waals surface area contributed by atoms with Crippen LogP contribution in [0.5, 0.6) is 0 Å². The maximum Gasteiger partial charge on any atom is 2.00 e. The largest absolute Gasteiger partial charge is 2.00 e. The van der Waals surface area contributed by atoms with Crippen molar-refractivity contribution in [2.75, 3.05) is 0 Å². The topological polar surface area (TPSA) is 28.5 Å². The van der Waals surface area contributed by atoms with Gasteiger partial charge in [0, 0.05) is 0 Å². The van der Waals surface area contributed by atoms with Crippen LogP contribution < -0.4 is 0 Å². The van der Waals surface area contributed by atoms with Gasteiger partial charge < -0.3 is 5.48 Å². The first-order valence-electron chi connectivity index (χ1n) is 0. The molecule has 1 nitrogen and oxygen atoms in total. The average molecular weight is 109 g/mol. The first-order chi connectivity index (χ1) is 0. The number of hydrogen-bond acceptors (Lipinski definition) is 0. The van der Waals surface area contributed by atoms with Crippen molar-refractivity contribution in [3.8, 4) is 0 Å². The molecule has 0 bridgehead atoms. The molecule has 0 aliphatic heterocycles. The van der Waals surface area contributed by atoms with Crippen LogP contribution in [0.2, 0.25) is 0 Å². The Kier molecular flexibility index (Phi) is 217. The Labute approximate surface area is 63.5 Å². The van der Waals surface area contributed by atoms with Crippen LogP contribution in [-0.4, -0.2) is 41.9 Å². The summed E-state index contributed by atoms with van der Waals surface area (Å²) < 4.78 is 0. The second kappa shape index (κ2) is 21.3. The van der Waals surface area contributed by atoms with Crippen molar-refractivity contribution >= 4 is 41.9 Å². The van der Waals surface area contributed by atoms with Crippen LogP contribution >= 0.6 is 0 Å². The van der Waals surface area contributed by atoms with E-state index in [1.54, 1.807) is 0 Å². The maximum atomic E-state index is 0. The van der Waals surface area contributed by atoms with E-state index in [1.165, 1.54) is 0 Å². The molecule has 0 spiro atoms. The summed E-state index contributed by atoms with van der Waals surface area (Å²) in [6.45, 7) is 0. The van der Waals surface area contributed by atoms with Crippen LogP contribution in [0.4, 0.5) is 0 Å². The molecule has 0 rings (SSSR count). The fourth-order valence-corrected chi connectivity index (χ4v) is 0. The van der Waals surface area contributed by atoms with Crippen molar-refractivity contribution in [1.82, 2.24) is 0 Å². The molecule has 4 heavy (non-hydrogen) atoms. The standard InChI is InChI=1S/Li.Mg.Ni.O.3H/q;;+2;-2;;;. The van der Waals surface area contributed by atoms with E-state index in [2.05, 4.69) is 0 Å². The van der Waals surface area contributed by atoms with Crippen LogP contribution in [0.25, 0.3) is 0 Å². The summed E-state index contributed by atoms with van der Waals surface area (Å²) in [5.74, 6) is 0. The van der Waals surface area contributed by atoms with E-state index >= 15 is 0 Å². The Morgan fingerprint density at radius 3 is 1.00 bits per heavy atom. The van der Waals surface area contributed by atoms with E-state index < -0.39 is 0 Å². The fraction of sp³-hybridized carbons (Fsp3) is 0. The van der Waals surface area contributed by atoms with Gasteiger partial charge in [0.1, 0.15) is 0 Å². The molecule has 0 unspecified atom stereocenters. The Balaban J connectivity index is 0. The quantitative estimate of drug-likeness (QED) is 0.332. The van der Waals surface area contributed by atoms with Crippen LogP contribution in [0.3, 0.4) is 0 Å². The van der Waals surface area contributed by atoms with Crippen LogP contribution in [0.1, 0.15) is 0 Å². The van der Waals surface area contributed by atoms with Gasteiger partial charge in [0.25, 0.3) is 0 Å². The minimum atomic E-state index is 0. The predicted molar refractivity (Wildman–Crippen MR) is 16.4 cm³/mol. The van der Waals surface area contributed by atoms with Crippen molar-refractivity contribution in [2.45, 2.75) is 0 Å². The third-order valence-corrected chi connectivity index (χ3v) is 0. The average Bonchev–Trinajstić information content (AvgIpc) is 0. The molecule has 0 saturated heterocycles. The molecule has 0 fully saturated rings. The normalized spacial score (nSPS) is 0. The summed E-state index contributed by atoms with van der Waals surface area (Å²) in [6.07, 6.45) is 0. The minimum absolute atomic E-state index is 0. The van der Waals surface area contributed by atoms with Crippen molar-refractivity contribution in [3.63, 3.8) is 0 Å². The van der Waals surface area contributed by atoms with E-state index in [9.17, 15) is 0 Å². The Hall–Kier alpha value is 1.82. The molecule has 0 aromatic rings. The smallest absolute Gasteiger partial charge is 2.00 e. The van der Waals surface area contributed by atoms with Gasteiger partial charge in [0.15, 0.2) is 0 Å². The molecular weight excluding hydrogens is 106 g/mol. The zero-order valence-corrected chi connectivity index (χ0v) is 1.71. The third-order valence-electron chi connectivity index (χ3n) is 0. The van der Waals surface area contributed by atoms with Gasteiger partial charge in [-0.25, -0.2) is 0 Å². The Bertz CT molecular complexity index is 8.00. The van der Waals surface area contributed by atoms with Gasteiger partial charge in [0.05, 0.1) is 0 Å². The molecule has 0 N–H and O–H groups in total. The SMILES string of the molecule is [LiH].[MgH2].[Ni+2].[O-2]. The molecule has 0 aromatic carbocycles. The first kappa shape index (κ1) is 40.9. The van der Waals surface area contributed by atoms with Gasteiger partial charge in [-0.1, -0.05) is 0 Å². The molecule has 0 aromatic heterocycles. The van der Waals surface area contributed by atoms with Crippen LogP contribution in [0, 0.1) is 0 Å². The summed E-state index contributed by atoms with van der Waals surface area (Å²) in [5.41, 5.74) is 0. The monoisotopic (exact) mass is 108 g/mol. The van der Waals surface area contributed by atoms with Gasteiger partial charge in [-0.2, -0.15) is 0 Å². The van der Waals surface area contributed by atoms with Crippen LogP contribution in [-0.2, 0) is 22.0 Å². The molecular formula is H3LiMgNiO. The Morgan fingerprint density at radius 1 is 1.00 bits per heavy atom. The molecule has 0 aliphatic carbocycles. The second-order valence-electron chi connectivity index (χ2n) is 0. The van der Waals surface area contributed by atoms with Crippen molar-refractivity contribution in [1.29, 1.82) is 0 Å². The zero-order chi connectivity index (χ0) is 0. The van der Waals surface area contributed by atoms with E-state index in [0.29, 0.717) is 0 Å². The van der Waals surface area contributed by atoms with E-state index in [0.717, 1.165) is 0 Å². The van der Waals surface area contributed by atoms with Gasteiger partial charge in [0.2, 0.25) is 0 Å². The molecule has 0 amide bonds. The maximum absolute atomic E-state index is 0. The molecule has 0 atom stereocenters. The summed E-state index contributed by atoms with van der Waals surface area (Å²) in [4.78, 5) is 0. The van der Waals surface area contributed by atoms with Gasteiger partial charge in [-0.15, -0.1) is 0 Å². The van der Waals surface area contributed by atoms with Crippen LogP contribution in [0.15, 0.2) is 0 Å². The van der Waals surface area contributed by atoms with Gasteiger partial charge in [-0.3, -0.25) is 0 Å². The van der Waals surface area contributed by atoms with Crippen molar-refractivity contribution < 1.29 is 22.0 Å². The molecule has 0 aliphatic rings. The molecule has 0 saturated carbocycles. The minimum Gasteiger partial charge on any atom is -2.00 e. The molecule has 0 radical (unpaired) electrons. The zero-order valence-electron chi connectivity index (χ0n) is 0.724. The summed E-state index contributed by atoms with van der Waals surface area (Å²) in [7, 11) is 0. The summed E-state index contributed by atoms with van der Waals surface area (Å²) in [5, 5.41) is 0. The van der Waals surface area contributed by atoms with E-state index in [-0.39, 0.29) is 63.9 Å². The number of hydrogen-bond donors (Lipinski definition) is 0. The third kappa shape index (κ3) is 9.17. The van der Waals surface area contributed by atoms with E-state index in [4.69, 9.17) is 0 Å². The second-order valence-corrected chi connectivity index (χ2v) is 0. The molecule has 22 valence electrons. The van der Waals surface area contributed by atoms with Crippen molar-refractivity contribution in [2.24, 2.45) is 0 Å². The van der Waals surface area contributed by atoms with E-state index in [1.807, 2.05) is 0 Å². The summed E-state index contributed by atoms with van der Waals surface area (Å²) in [6, 6.07) is 0. The molecule has 4 heteroatoms. The number of rotatable bonds is 0. The predicted octanol–water partition coefficient (Wildman–Crippen LogP) is -1.69.